The molecule has 0 bridgehead atoms. The first-order valence-electron chi connectivity index (χ1n) is 5.44. The zero-order valence-corrected chi connectivity index (χ0v) is 12.0. The Balaban J connectivity index is 2.12. The topological polar surface area (TPSA) is 82.8 Å². The van der Waals surface area contributed by atoms with Crippen molar-refractivity contribution < 1.29 is 8.91 Å². The van der Waals surface area contributed by atoms with Crippen molar-refractivity contribution in [2.75, 3.05) is 5.73 Å². The summed E-state index contributed by atoms with van der Waals surface area (Å²) in [5.74, 6) is 0.929. The molecule has 0 unspecified atom stereocenters. The number of benzene rings is 1. The van der Waals surface area contributed by atoms with Gasteiger partial charge in [-0.1, -0.05) is 5.16 Å². The van der Waals surface area contributed by atoms with Crippen molar-refractivity contribution >= 4 is 39.6 Å². The van der Waals surface area contributed by atoms with Crippen LogP contribution in [0.15, 0.2) is 16.7 Å². The molecule has 8 heteroatoms. The summed E-state index contributed by atoms with van der Waals surface area (Å²) < 4.78 is 20.7. The molecule has 0 saturated heterocycles. The smallest absolute Gasteiger partial charge is 0.223 e. The largest absolute Gasteiger partial charge is 0.369 e. The predicted octanol–water partition coefficient (Wildman–Crippen LogP) is 2.10. The third-order valence-corrected chi connectivity index (χ3v) is 3.52. The maximum absolute atomic E-state index is 13.6. The van der Waals surface area contributed by atoms with Crippen molar-refractivity contribution in [2.24, 2.45) is 0 Å². The van der Waals surface area contributed by atoms with E-state index in [4.69, 9.17) is 10.3 Å². The van der Waals surface area contributed by atoms with E-state index in [1.54, 1.807) is 17.6 Å². The van der Waals surface area contributed by atoms with Crippen LogP contribution < -0.4 is 5.73 Å². The van der Waals surface area contributed by atoms with Crippen molar-refractivity contribution in [3.05, 3.63) is 33.2 Å². The Morgan fingerprint density at radius 1 is 1.42 bits per heavy atom. The van der Waals surface area contributed by atoms with Crippen LogP contribution in [0.1, 0.15) is 11.7 Å². The average molecular weight is 373 g/mol. The van der Waals surface area contributed by atoms with Crippen molar-refractivity contribution in [3.63, 3.8) is 0 Å². The standard InChI is InChI=1S/C11H9FIN5O/c1-5-15-10(17-19-5)4-18-9-2-6(12)7(13)3-8(9)16-11(18)14/h2-3H,4H2,1H3,(H2,14,16). The summed E-state index contributed by atoms with van der Waals surface area (Å²) in [6.45, 7) is 1.99. The summed E-state index contributed by atoms with van der Waals surface area (Å²) in [5, 5.41) is 3.79. The van der Waals surface area contributed by atoms with Crippen molar-refractivity contribution in [2.45, 2.75) is 13.5 Å². The van der Waals surface area contributed by atoms with E-state index >= 15 is 0 Å². The molecule has 19 heavy (non-hydrogen) atoms. The number of aryl methyl sites for hydroxylation is 1. The highest BCUT2D eigenvalue weighted by Crippen LogP contribution is 2.23. The van der Waals surface area contributed by atoms with E-state index in [0.29, 0.717) is 38.8 Å². The molecular formula is C11H9FIN5O. The lowest BCUT2D eigenvalue weighted by atomic mass is 10.3. The number of anilines is 1. The van der Waals surface area contributed by atoms with E-state index < -0.39 is 0 Å². The second-order valence-corrected chi connectivity index (χ2v) is 5.20. The molecule has 2 N–H and O–H groups in total. The first-order chi connectivity index (χ1) is 9.04. The second kappa shape index (κ2) is 4.44. The molecule has 6 nitrogen and oxygen atoms in total. The number of nitrogens with zero attached hydrogens (tertiary/aromatic N) is 4. The van der Waals surface area contributed by atoms with Crippen LogP contribution in [0.5, 0.6) is 0 Å². The average Bonchev–Trinajstić information content (AvgIpc) is 2.87. The van der Waals surface area contributed by atoms with Gasteiger partial charge in [0.2, 0.25) is 11.8 Å². The van der Waals surface area contributed by atoms with Crippen molar-refractivity contribution in [1.29, 1.82) is 0 Å². The fraction of sp³-hybridized carbons (Fsp3) is 0.182. The van der Waals surface area contributed by atoms with Gasteiger partial charge in [-0.2, -0.15) is 4.98 Å². The lowest BCUT2D eigenvalue weighted by Gasteiger charge is -2.03. The zero-order valence-electron chi connectivity index (χ0n) is 9.89. The Bertz CT molecular complexity index is 766. The lowest BCUT2D eigenvalue weighted by molar-refractivity contribution is 0.386. The Kier molecular flexibility index (Phi) is 2.88. The van der Waals surface area contributed by atoms with Crippen LogP contribution in [0.4, 0.5) is 10.3 Å². The molecule has 0 atom stereocenters. The normalized spacial score (nSPS) is 11.3. The molecule has 0 fully saturated rings. The van der Waals surface area contributed by atoms with Crippen LogP contribution in [-0.2, 0) is 6.54 Å². The van der Waals surface area contributed by atoms with E-state index in [0.717, 1.165) is 0 Å². The van der Waals surface area contributed by atoms with E-state index in [9.17, 15) is 4.39 Å². The van der Waals surface area contributed by atoms with Gasteiger partial charge in [0, 0.05) is 13.0 Å². The van der Waals surface area contributed by atoms with Gasteiger partial charge in [-0.05, 0) is 28.7 Å². The van der Waals surface area contributed by atoms with E-state index in [1.807, 2.05) is 22.6 Å². The van der Waals surface area contributed by atoms with Gasteiger partial charge in [-0.3, -0.25) is 0 Å². The van der Waals surface area contributed by atoms with Crippen LogP contribution in [0.3, 0.4) is 0 Å². The van der Waals surface area contributed by atoms with Crippen LogP contribution in [0.2, 0.25) is 0 Å². The molecule has 0 aliphatic carbocycles. The number of imidazole rings is 1. The second-order valence-electron chi connectivity index (χ2n) is 4.04. The number of halogens is 2. The predicted molar refractivity (Wildman–Crippen MR) is 75.0 cm³/mol. The molecular weight excluding hydrogens is 364 g/mol. The summed E-state index contributed by atoms with van der Waals surface area (Å²) in [6, 6.07) is 3.06. The lowest BCUT2D eigenvalue weighted by Crippen LogP contribution is -2.06. The summed E-state index contributed by atoms with van der Waals surface area (Å²) in [6.07, 6.45) is 0. The van der Waals surface area contributed by atoms with Crippen LogP contribution in [0, 0.1) is 16.3 Å². The van der Waals surface area contributed by atoms with Gasteiger partial charge in [0.05, 0.1) is 21.1 Å². The van der Waals surface area contributed by atoms with E-state index in [-0.39, 0.29) is 5.82 Å². The summed E-state index contributed by atoms with van der Waals surface area (Å²) in [5.41, 5.74) is 7.10. The van der Waals surface area contributed by atoms with Crippen molar-refractivity contribution in [3.8, 4) is 0 Å². The summed E-state index contributed by atoms with van der Waals surface area (Å²) in [4.78, 5) is 8.30. The first-order valence-corrected chi connectivity index (χ1v) is 6.52. The molecule has 3 rings (SSSR count). The van der Waals surface area contributed by atoms with Gasteiger partial charge in [0.25, 0.3) is 0 Å². The first kappa shape index (κ1) is 12.3. The fourth-order valence-electron chi connectivity index (χ4n) is 1.85. The fourth-order valence-corrected chi connectivity index (χ4v) is 2.30. The minimum atomic E-state index is -0.307. The van der Waals surface area contributed by atoms with Gasteiger partial charge in [-0.25, -0.2) is 9.37 Å². The quantitative estimate of drug-likeness (QED) is 0.696. The number of rotatable bonds is 2. The molecule has 2 aromatic heterocycles. The maximum Gasteiger partial charge on any atom is 0.223 e. The van der Waals surface area contributed by atoms with Gasteiger partial charge >= 0.3 is 0 Å². The molecule has 1 aromatic carbocycles. The SMILES string of the molecule is Cc1nc(Cn2c(N)nc3cc(I)c(F)cc32)no1. The molecule has 0 amide bonds. The maximum atomic E-state index is 13.6. The molecule has 0 aliphatic rings. The van der Waals surface area contributed by atoms with E-state index in [2.05, 4.69) is 15.1 Å². The van der Waals surface area contributed by atoms with Crippen LogP contribution in [0.25, 0.3) is 11.0 Å². The Hall–Kier alpha value is -1.71. The summed E-state index contributed by atoms with van der Waals surface area (Å²) >= 11 is 1.92. The Morgan fingerprint density at radius 2 is 2.21 bits per heavy atom. The van der Waals surface area contributed by atoms with Gasteiger partial charge < -0.3 is 14.8 Å². The Morgan fingerprint density at radius 3 is 2.89 bits per heavy atom. The molecule has 0 spiro atoms. The number of hydrogen-bond donors (Lipinski definition) is 1. The summed E-state index contributed by atoms with van der Waals surface area (Å²) in [7, 11) is 0. The highest BCUT2D eigenvalue weighted by molar-refractivity contribution is 14.1. The highest BCUT2D eigenvalue weighted by Gasteiger charge is 2.13. The number of fused-ring (bicyclic) bond motifs is 1. The number of nitrogens with two attached hydrogens (primary N) is 1. The van der Waals surface area contributed by atoms with E-state index in [1.165, 1.54) is 6.07 Å². The highest BCUT2D eigenvalue weighted by atomic mass is 127. The van der Waals surface area contributed by atoms with Gasteiger partial charge in [-0.15, -0.1) is 0 Å². The molecule has 3 aromatic rings. The number of nitrogen functional groups attached to an aromatic ring is 1. The molecule has 2 heterocycles. The minimum Gasteiger partial charge on any atom is -0.369 e. The molecule has 0 aliphatic heterocycles. The van der Waals surface area contributed by atoms with Crippen molar-refractivity contribution in [1.82, 2.24) is 19.7 Å². The number of hydrogen-bond acceptors (Lipinski definition) is 5. The minimum absolute atomic E-state index is 0.291. The molecule has 98 valence electrons. The Labute approximate surface area is 120 Å². The third kappa shape index (κ3) is 2.15. The van der Waals surface area contributed by atoms with Gasteiger partial charge in [0.15, 0.2) is 5.82 Å². The van der Waals surface area contributed by atoms with Gasteiger partial charge in [0.1, 0.15) is 5.82 Å². The monoisotopic (exact) mass is 373 g/mol. The zero-order chi connectivity index (χ0) is 13.6. The van der Waals surface area contributed by atoms with Crippen LogP contribution in [-0.4, -0.2) is 19.7 Å². The molecule has 0 radical (unpaired) electrons. The number of aromatic nitrogens is 4. The molecule has 0 saturated carbocycles. The third-order valence-electron chi connectivity index (χ3n) is 2.69. The van der Waals surface area contributed by atoms with Crippen LogP contribution >= 0.6 is 22.6 Å².